The molecule has 1 aromatic rings. The van der Waals surface area contributed by atoms with Crippen LogP contribution in [0.25, 0.3) is 0 Å². The van der Waals surface area contributed by atoms with Crippen molar-refractivity contribution in [1.82, 2.24) is 5.32 Å². The SMILES string of the molecule is CCNC(CS(=O)(=O)c1ccc(Br)cc1)C1CCCCC1. The summed E-state index contributed by atoms with van der Waals surface area (Å²) < 4.78 is 26.1. The van der Waals surface area contributed by atoms with E-state index in [1.165, 1.54) is 19.3 Å². The van der Waals surface area contributed by atoms with Gasteiger partial charge in [0.2, 0.25) is 0 Å². The summed E-state index contributed by atoms with van der Waals surface area (Å²) in [5, 5.41) is 3.40. The first-order valence-electron chi connectivity index (χ1n) is 7.74. The van der Waals surface area contributed by atoms with Crippen molar-refractivity contribution in [3.8, 4) is 0 Å². The fourth-order valence-corrected chi connectivity index (χ4v) is 5.01. The molecule has 1 aliphatic rings. The molecule has 0 amide bonds. The highest BCUT2D eigenvalue weighted by atomic mass is 79.9. The molecule has 1 aromatic carbocycles. The molecule has 0 aromatic heterocycles. The van der Waals surface area contributed by atoms with E-state index in [1.807, 2.05) is 6.92 Å². The van der Waals surface area contributed by atoms with Crippen molar-refractivity contribution in [3.63, 3.8) is 0 Å². The van der Waals surface area contributed by atoms with Gasteiger partial charge in [-0.2, -0.15) is 0 Å². The molecular weight excluding hydrogens is 350 g/mol. The molecule has 1 atom stereocenters. The topological polar surface area (TPSA) is 46.2 Å². The van der Waals surface area contributed by atoms with Crippen LogP contribution in [0.4, 0.5) is 0 Å². The summed E-state index contributed by atoms with van der Waals surface area (Å²) in [5.74, 6) is 0.691. The minimum absolute atomic E-state index is 0.0731. The van der Waals surface area contributed by atoms with Gasteiger partial charge in [-0.1, -0.05) is 42.1 Å². The Morgan fingerprint density at radius 2 is 1.81 bits per heavy atom. The van der Waals surface area contributed by atoms with Gasteiger partial charge in [-0.05, 0) is 49.6 Å². The molecule has 1 aliphatic carbocycles. The van der Waals surface area contributed by atoms with Crippen LogP contribution in [-0.4, -0.2) is 26.8 Å². The van der Waals surface area contributed by atoms with E-state index in [-0.39, 0.29) is 11.8 Å². The van der Waals surface area contributed by atoms with Gasteiger partial charge in [0.05, 0.1) is 10.6 Å². The maximum absolute atomic E-state index is 12.6. The molecule has 5 heteroatoms. The third kappa shape index (κ3) is 4.80. The van der Waals surface area contributed by atoms with E-state index in [0.717, 1.165) is 23.9 Å². The van der Waals surface area contributed by atoms with E-state index in [0.29, 0.717) is 10.8 Å². The molecule has 0 spiro atoms. The molecular formula is C16H24BrNO2S. The Kier molecular flexibility index (Phi) is 6.26. The maximum Gasteiger partial charge on any atom is 0.179 e. The average Bonchev–Trinajstić information content (AvgIpc) is 2.48. The van der Waals surface area contributed by atoms with E-state index in [9.17, 15) is 8.42 Å². The fraction of sp³-hybridized carbons (Fsp3) is 0.625. The predicted molar refractivity (Wildman–Crippen MR) is 90.2 cm³/mol. The number of nitrogens with one attached hydrogen (secondary N) is 1. The summed E-state index contributed by atoms with van der Waals surface area (Å²) in [6.07, 6.45) is 6.03. The summed E-state index contributed by atoms with van der Waals surface area (Å²) >= 11 is 3.34. The van der Waals surface area contributed by atoms with Gasteiger partial charge in [0.15, 0.2) is 9.84 Å². The smallest absolute Gasteiger partial charge is 0.179 e. The molecule has 1 unspecified atom stereocenters. The second-order valence-corrected chi connectivity index (χ2v) is 8.75. The second kappa shape index (κ2) is 7.75. The van der Waals surface area contributed by atoms with Crippen molar-refractivity contribution in [2.45, 2.75) is 50.0 Å². The van der Waals surface area contributed by atoms with Crippen LogP contribution in [0, 0.1) is 5.92 Å². The highest BCUT2D eigenvalue weighted by molar-refractivity contribution is 9.10. The van der Waals surface area contributed by atoms with Gasteiger partial charge in [-0.15, -0.1) is 0 Å². The normalized spacial score (nSPS) is 18.6. The molecule has 0 radical (unpaired) electrons. The Morgan fingerprint density at radius 1 is 1.19 bits per heavy atom. The Balaban J connectivity index is 2.12. The van der Waals surface area contributed by atoms with E-state index < -0.39 is 9.84 Å². The zero-order valence-corrected chi connectivity index (χ0v) is 14.9. The predicted octanol–water partition coefficient (Wildman–Crippen LogP) is 3.78. The summed E-state index contributed by atoms with van der Waals surface area (Å²) in [4.78, 5) is 0.421. The van der Waals surface area contributed by atoms with E-state index in [1.54, 1.807) is 24.3 Å². The van der Waals surface area contributed by atoms with Gasteiger partial charge in [-0.25, -0.2) is 8.42 Å². The lowest BCUT2D eigenvalue weighted by Gasteiger charge is -2.30. The Bertz CT molecular complexity index is 536. The molecule has 3 nitrogen and oxygen atoms in total. The third-order valence-corrected chi connectivity index (χ3v) is 6.57. The third-order valence-electron chi connectivity index (χ3n) is 4.26. The molecule has 1 fully saturated rings. The van der Waals surface area contributed by atoms with E-state index >= 15 is 0 Å². The van der Waals surface area contributed by atoms with Gasteiger partial charge >= 0.3 is 0 Å². The van der Waals surface area contributed by atoms with Gasteiger partial charge in [0.1, 0.15) is 0 Å². The molecule has 1 saturated carbocycles. The van der Waals surface area contributed by atoms with Crippen LogP contribution >= 0.6 is 15.9 Å². The van der Waals surface area contributed by atoms with Gasteiger partial charge < -0.3 is 5.32 Å². The fourth-order valence-electron chi connectivity index (χ4n) is 3.13. The molecule has 0 saturated heterocycles. The molecule has 1 N–H and O–H groups in total. The number of rotatable bonds is 6. The van der Waals surface area contributed by atoms with Crippen molar-refractivity contribution in [2.75, 3.05) is 12.3 Å². The van der Waals surface area contributed by atoms with Crippen molar-refractivity contribution in [1.29, 1.82) is 0 Å². The number of sulfone groups is 1. The van der Waals surface area contributed by atoms with Crippen molar-refractivity contribution < 1.29 is 8.42 Å². The highest BCUT2D eigenvalue weighted by Gasteiger charge is 2.28. The lowest BCUT2D eigenvalue weighted by molar-refractivity contribution is 0.285. The summed E-state index contributed by atoms with van der Waals surface area (Å²) in [6, 6.07) is 7.02. The molecule has 21 heavy (non-hydrogen) atoms. The van der Waals surface area contributed by atoms with Crippen molar-refractivity contribution in [3.05, 3.63) is 28.7 Å². The zero-order chi connectivity index (χ0) is 15.3. The Hall–Kier alpha value is -0.390. The number of hydrogen-bond acceptors (Lipinski definition) is 3. The van der Waals surface area contributed by atoms with E-state index in [2.05, 4.69) is 21.2 Å². The standard InChI is InChI=1S/C16H24BrNO2S/c1-2-18-16(13-6-4-3-5-7-13)12-21(19,20)15-10-8-14(17)9-11-15/h8-11,13,16,18H,2-7,12H2,1H3. The van der Waals surface area contributed by atoms with Crippen molar-refractivity contribution in [2.24, 2.45) is 5.92 Å². The first kappa shape index (κ1) is 17.0. The van der Waals surface area contributed by atoms with Crippen LogP contribution in [-0.2, 0) is 9.84 Å². The van der Waals surface area contributed by atoms with Gasteiger partial charge in [0.25, 0.3) is 0 Å². The first-order chi connectivity index (χ1) is 10.0. The number of benzene rings is 1. The molecule has 2 rings (SSSR count). The summed E-state index contributed by atoms with van der Waals surface area (Å²) in [7, 11) is -3.23. The maximum atomic E-state index is 12.6. The number of hydrogen-bond donors (Lipinski definition) is 1. The largest absolute Gasteiger partial charge is 0.313 e. The number of halogens is 1. The van der Waals surface area contributed by atoms with Crippen LogP contribution in [0.5, 0.6) is 0 Å². The van der Waals surface area contributed by atoms with Gasteiger partial charge in [-0.3, -0.25) is 0 Å². The highest BCUT2D eigenvalue weighted by Crippen LogP contribution is 2.28. The summed E-state index contributed by atoms with van der Waals surface area (Å²) in [6.45, 7) is 2.86. The van der Waals surface area contributed by atoms with Gasteiger partial charge in [0, 0.05) is 10.5 Å². The van der Waals surface area contributed by atoms with Crippen LogP contribution in [0.2, 0.25) is 0 Å². The molecule has 0 heterocycles. The second-order valence-electron chi connectivity index (χ2n) is 5.80. The lowest BCUT2D eigenvalue weighted by Crippen LogP contribution is -2.42. The zero-order valence-electron chi connectivity index (χ0n) is 12.5. The monoisotopic (exact) mass is 373 g/mol. The van der Waals surface area contributed by atoms with Crippen LogP contribution in [0.15, 0.2) is 33.6 Å². The van der Waals surface area contributed by atoms with Crippen LogP contribution in [0.1, 0.15) is 39.0 Å². The minimum Gasteiger partial charge on any atom is -0.313 e. The lowest BCUT2D eigenvalue weighted by atomic mass is 9.84. The quantitative estimate of drug-likeness (QED) is 0.824. The van der Waals surface area contributed by atoms with Crippen LogP contribution < -0.4 is 5.32 Å². The molecule has 0 aliphatic heterocycles. The first-order valence-corrected chi connectivity index (χ1v) is 10.2. The molecule has 118 valence electrons. The summed E-state index contributed by atoms with van der Waals surface area (Å²) in [5.41, 5.74) is 0. The Morgan fingerprint density at radius 3 is 2.38 bits per heavy atom. The van der Waals surface area contributed by atoms with E-state index in [4.69, 9.17) is 0 Å². The average molecular weight is 374 g/mol. The molecule has 0 bridgehead atoms. The Labute approximate surface area is 136 Å². The van der Waals surface area contributed by atoms with Crippen molar-refractivity contribution >= 4 is 25.8 Å². The van der Waals surface area contributed by atoms with Crippen LogP contribution in [0.3, 0.4) is 0 Å². The minimum atomic E-state index is -3.23.